The minimum atomic E-state index is -4.46. The molecule has 27 heavy (non-hydrogen) atoms. The fourth-order valence-corrected chi connectivity index (χ4v) is 5.62. The number of hydrogen-bond acceptors (Lipinski definition) is 2. The summed E-state index contributed by atoms with van der Waals surface area (Å²) in [5.74, 6) is 1.45. The highest BCUT2D eigenvalue weighted by Gasteiger charge is 2.51. The average molecular weight is 387 g/mol. The van der Waals surface area contributed by atoms with Gasteiger partial charge in [0, 0.05) is 25.0 Å². The van der Waals surface area contributed by atoms with Crippen LogP contribution in [0.3, 0.4) is 0 Å². The summed E-state index contributed by atoms with van der Waals surface area (Å²) in [6.07, 6.45) is 3.51. The lowest BCUT2D eigenvalue weighted by Gasteiger charge is -2.56. The molecule has 3 amide bonds. The summed E-state index contributed by atoms with van der Waals surface area (Å²) in [5.41, 5.74) is -0.131. The molecule has 4 aliphatic carbocycles. The number of urea groups is 1. The maximum Gasteiger partial charge on any atom is 0.406 e. The lowest BCUT2D eigenvalue weighted by Crippen LogP contribution is -2.61. The van der Waals surface area contributed by atoms with Crippen LogP contribution in [0.15, 0.2) is 12.7 Å². The number of rotatable bonds is 7. The van der Waals surface area contributed by atoms with E-state index in [4.69, 9.17) is 0 Å². The third-order valence-electron chi connectivity index (χ3n) is 6.11. The van der Waals surface area contributed by atoms with Crippen molar-refractivity contribution in [1.29, 1.82) is 0 Å². The zero-order valence-electron chi connectivity index (χ0n) is 15.5. The summed E-state index contributed by atoms with van der Waals surface area (Å²) in [6, 6.07) is -0.323. The Morgan fingerprint density at radius 1 is 1.11 bits per heavy atom. The molecule has 152 valence electrons. The van der Waals surface area contributed by atoms with Crippen molar-refractivity contribution in [1.82, 2.24) is 15.5 Å². The number of hydrogen-bond donors (Lipinski definition) is 2. The van der Waals surface area contributed by atoms with Gasteiger partial charge in [-0.25, -0.2) is 4.79 Å². The van der Waals surface area contributed by atoms with E-state index in [1.807, 2.05) is 0 Å². The predicted molar refractivity (Wildman–Crippen MR) is 94.9 cm³/mol. The van der Waals surface area contributed by atoms with E-state index in [1.54, 1.807) is 0 Å². The predicted octanol–water partition coefficient (Wildman–Crippen LogP) is 3.22. The molecule has 4 aliphatic rings. The van der Waals surface area contributed by atoms with Gasteiger partial charge in [0.15, 0.2) is 0 Å². The van der Waals surface area contributed by atoms with Crippen molar-refractivity contribution < 1.29 is 22.8 Å². The molecule has 4 bridgehead atoms. The largest absolute Gasteiger partial charge is 0.406 e. The Kier molecular flexibility index (Phi) is 5.72. The molecule has 0 heterocycles. The van der Waals surface area contributed by atoms with Gasteiger partial charge in [0.05, 0.1) is 0 Å². The number of nitrogens with one attached hydrogen (secondary N) is 2. The Bertz CT molecular complexity index is 556. The number of carbonyl (C=O) groups excluding carboxylic acids is 2. The van der Waals surface area contributed by atoms with Crippen LogP contribution in [0.1, 0.15) is 44.9 Å². The van der Waals surface area contributed by atoms with Crippen LogP contribution >= 0.6 is 0 Å². The molecule has 4 saturated carbocycles. The summed E-state index contributed by atoms with van der Waals surface area (Å²) < 4.78 is 37.6. The first-order valence-corrected chi connectivity index (χ1v) is 9.69. The Labute approximate surface area is 157 Å². The summed E-state index contributed by atoms with van der Waals surface area (Å²) >= 11 is 0. The van der Waals surface area contributed by atoms with E-state index in [0.29, 0.717) is 22.7 Å². The maximum absolute atomic E-state index is 12.5. The van der Waals surface area contributed by atoms with Gasteiger partial charge in [-0.1, -0.05) is 6.08 Å². The monoisotopic (exact) mass is 387 g/mol. The van der Waals surface area contributed by atoms with E-state index in [0.717, 1.165) is 19.3 Å². The van der Waals surface area contributed by atoms with Gasteiger partial charge in [0.2, 0.25) is 5.91 Å². The van der Waals surface area contributed by atoms with E-state index in [1.165, 1.54) is 25.3 Å². The smallest absolute Gasteiger partial charge is 0.338 e. The molecule has 4 fully saturated rings. The lowest BCUT2D eigenvalue weighted by atomic mass is 9.53. The van der Waals surface area contributed by atoms with Gasteiger partial charge in [-0.3, -0.25) is 4.79 Å². The van der Waals surface area contributed by atoms with Crippen LogP contribution in [0.5, 0.6) is 0 Å². The molecular weight excluding hydrogens is 359 g/mol. The fourth-order valence-electron chi connectivity index (χ4n) is 5.62. The highest BCUT2D eigenvalue weighted by atomic mass is 19.4. The molecule has 5 nitrogen and oxygen atoms in total. The quantitative estimate of drug-likeness (QED) is 0.659. The Hall–Kier alpha value is -1.73. The lowest BCUT2D eigenvalue weighted by molar-refractivity contribution is -0.160. The van der Waals surface area contributed by atoms with Crippen molar-refractivity contribution in [3.8, 4) is 0 Å². The van der Waals surface area contributed by atoms with Gasteiger partial charge >= 0.3 is 12.2 Å². The highest BCUT2D eigenvalue weighted by molar-refractivity contribution is 5.78. The molecule has 0 aliphatic heterocycles. The Balaban J connectivity index is 1.44. The molecule has 0 atom stereocenters. The third kappa shape index (κ3) is 5.17. The van der Waals surface area contributed by atoms with Gasteiger partial charge in [-0.15, -0.1) is 6.58 Å². The molecule has 0 radical (unpaired) electrons. The van der Waals surface area contributed by atoms with E-state index in [-0.39, 0.29) is 31.1 Å². The third-order valence-corrected chi connectivity index (χ3v) is 6.11. The number of amides is 3. The molecule has 0 aromatic heterocycles. The summed E-state index contributed by atoms with van der Waals surface area (Å²) in [6.45, 7) is 1.92. The van der Waals surface area contributed by atoms with Gasteiger partial charge in [-0.05, 0) is 56.3 Å². The second-order valence-corrected chi connectivity index (χ2v) is 8.51. The molecule has 0 aromatic rings. The normalized spacial score (nSPS) is 31.4. The minimum absolute atomic E-state index is 0.0164. The number of nitrogens with zero attached hydrogens (tertiary/aromatic N) is 1. The second kappa shape index (κ2) is 7.72. The van der Waals surface area contributed by atoms with E-state index >= 15 is 0 Å². The summed E-state index contributed by atoms with van der Waals surface area (Å²) in [5, 5.41) is 5.76. The van der Waals surface area contributed by atoms with Gasteiger partial charge in [0.1, 0.15) is 6.54 Å². The molecule has 0 aromatic carbocycles. The number of carbonyl (C=O) groups is 2. The maximum atomic E-state index is 12.5. The zero-order chi connectivity index (χ0) is 19.7. The average Bonchev–Trinajstić information content (AvgIpc) is 2.51. The molecule has 4 rings (SSSR count). The van der Waals surface area contributed by atoms with Crippen molar-refractivity contribution in [2.45, 2.75) is 56.7 Å². The summed E-state index contributed by atoms with van der Waals surface area (Å²) in [4.78, 5) is 25.0. The number of halogens is 3. The molecule has 2 N–H and O–H groups in total. The Morgan fingerprint density at radius 2 is 1.67 bits per heavy atom. The van der Waals surface area contributed by atoms with Crippen LogP contribution in [0.2, 0.25) is 0 Å². The van der Waals surface area contributed by atoms with Crippen molar-refractivity contribution in [2.75, 3.05) is 19.6 Å². The van der Waals surface area contributed by atoms with Crippen molar-refractivity contribution in [3.63, 3.8) is 0 Å². The topological polar surface area (TPSA) is 61.4 Å². The first kappa shape index (κ1) is 20.0. The first-order chi connectivity index (χ1) is 12.7. The van der Waals surface area contributed by atoms with Crippen LogP contribution in [-0.2, 0) is 4.79 Å². The second-order valence-electron chi connectivity index (χ2n) is 8.51. The molecule has 0 unspecified atom stereocenters. The Morgan fingerprint density at radius 3 is 2.15 bits per heavy atom. The molecule has 0 spiro atoms. The molecule has 0 saturated heterocycles. The van der Waals surface area contributed by atoms with E-state index in [2.05, 4.69) is 17.2 Å². The van der Waals surface area contributed by atoms with Gasteiger partial charge in [-0.2, -0.15) is 13.2 Å². The zero-order valence-corrected chi connectivity index (χ0v) is 15.5. The fraction of sp³-hybridized carbons (Fsp3) is 0.789. The van der Waals surface area contributed by atoms with Crippen LogP contribution < -0.4 is 10.6 Å². The standard InChI is InChI=1S/C19H28F3N3O2/c1-2-5-25(12-19(20,21)22)16(26)3-4-23-17(27)24-18-9-13-6-14(10-18)8-15(7-13)11-18/h2,13-15H,1,3-12H2,(H2,23,24,27). The van der Waals surface area contributed by atoms with Gasteiger partial charge < -0.3 is 15.5 Å². The van der Waals surface area contributed by atoms with Crippen LogP contribution in [0.25, 0.3) is 0 Å². The van der Waals surface area contributed by atoms with E-state index in [9.17, 15) is 22.8 Å². The molecule has 8 heteroatoms. The van der Waals surface area contributed by atoms with Crippen LogP contribution in [-0.4, -0.2) is 48.2 Å². The SMILES string of the molecule is C=CCN(CC(F)(F)F)C(=O)CCNC(=O)NC12CC3CC(CC(C3)C1)C2. The van der Waals surface area contributed by atoms with Crippen LogP contribution in [0.4, 0.5) is 18.0 Å². The van der Waals surface area contributed by atoms with Crippen LogP contribution in [0, 0.1) is 17.8 Å². The first-order valence-electron chi connectivity index (χ1n) is 9.69. The summed E-state index contributed by atoms with van der Waals surface area (Å²) in [7, 11) is 0. The highest BCUT2D eigenvalue weighted by Crippen LogP contribution is 2.55. The van der Waals surface area contributed by atoms with Gasteiger partial charge in [0.25, 0.3) is 0 Å². The van der Waals surface area contributed by atoms with Crippen molar-refractivity contribution in [3.05, 3.63) is 12.7 Å². The molecular formula is C19H28F3N3O2. The van der Waals surface area contributed by atoms with E-state index < -0.39 is 18.6 Å². The van der Waals surface area contributed by atoms with Crippen molar-refractivity contribution in [2.24, 2.45) is 17.8 Å². The number of alkyl halides is 3. The minimum Gasteiger partial charge on any atom is -0.338 e. The van der Waals surface area contributed by atoms with Crippen molar-refractivity contribution >= 4 is 11.9 Å².